The van der Waals surface area contributed by atoms with Gasteiger partial charge in [-0.15, -0.1) is 11.3 Å². The summed E-state index contributed by atoms with van der Waals surface area (Å²) >= 11 is 7.46. The molecular weight excluding hydrogens is 374 g/mol. The van der Waals surface area contributed by atoms with Crippen molar-refractivity contribution >= 4 is 39.7 Å². The second-order valence-corrected chi connectivity index (χ2v) is 7.14. The van der Waals surface area contributed by atoms with Crippen molar-refractivity contribution in [3.05, 3.63) is 85.4 Å². The molecule has 0 unspecified atom stereocenters. The molecule has 8 heteroatoms. The maximum Gasteiger partial charge on any atom is 0.282 e. The second kappa shape index (κ2) is 7.63. The van der Waals surface area contributed by atoms with E-state index in [0.717, 1.165) is 16.0 Å². The van der Waals surface area contributed by atoms with Gasteiger partial charge in [0.15, 0.2) is 5.13 Å². The van der Waals surface area contributed by atoms with Crippen molar-refractivity contribution in [3.8, 4) is 0 Å². The zero-order valence-corrected chi connectivity index (χ0v) is 15.3. The van der Waals surface area contributed by atoms with E-state index in [-0.39, 0.29) is 11.3 Å². The molecule has 0 bridgehead atoms. The van der Waals surface area contributed by atoms with Gasteiger partial charge in [0, 0.05) is 28.6 Å². The molecule has 0 saturated heterocycles. The highest BCUT2D eigenvalue weighted by Crippen LogP contribution is 2.25. The van der Waals surface area contributed by atoms with E-state index in [1.807, 2.05) is 25.1 Å². The Bertz CT molecular complexity index is 987. The number of nitrogens with zero attached hydrogens (tertiary/aromatic N) is 2. The number of benzene rings is 2. The molecule has 0 fully saturated rings. The minimum absolute atomic E-state index is 0.000401. The third-order valence-corrected chi connectivity index (χ3v) is 5.05. The number of rotatable bonds is 5. The van der Waals surface area contributed by atoms with Crippen LogP contribution < -0.4 is 5.32 Å². The molecule has 1 amide bonds. The standard InChI is InChI=1S/C18H14ClN3O3S/c1-11-6-7-12(9-15(11)19)8-13-10-20-18(26-13)21-17(23)14-4-2-3-5-16(14)22(24)25/h2-7,9-10H,8H2,1H3,(H,20,21,23). The minimum Gasteiger partial charge on any atom is -0.298 e. The van der Waals surface area contributed by atoms with Gasteiger partial charge in [0.2, 0.25) is 0 Å². The van der Waals surface area contributed by atoms with Crippen LogP contribution in [0, 0.1) is 17.0 Å². The quantitative estimate of drug-likeness (QED) is 0.500. The van der Waals surface area contributed by atoms with Gasteiger partial charge in [0.25, 0.3) is 11.6 Å². The van der Waals surface area contributed by atoms with Gasteiger partial charge in [0.05, 0.1) is 4.92 Å². The monoisotopic (exact) mass is 387 g/mol. The highest BCUT2D eigenvalue weighted by Gasteiger charge is 2.20. The molecular formula is C18H14ClN3O3S. The number of thiazole rings is 1. The minimum atomic E-state index is -0.580. The molecule has 6 nitrogen and oxygen atoms in total. The summed E-state index contributed by atoms with van der Waals surface area (Å²) < 4.78 is 0. The fraction of sp³-hybridized carbons (Fsp3) is 0.111. The van der Waals surface area contributed by atoms with Crippen molar-refractivity contribution in [1.82, 2.24) is 4.98 Å². The van der Waals surface area contributed by atoms with E-state index in [9.17, 15) is 14.9 Å². The van der Waals surface area contributed by atoms with Gasteiger partial charge in [-0.25, -0.2) is 4.98 Å². The summed E-state index contributed by atoms with van der Waals surface area (Å²) in [7, 11) is 0. The lowest BCUT2D eigenvalue weighted by atomic mass is 10.1. The van der Waals surface area contributed by atoms with Gasteiger partial charge in [-0.3, -0.25) is 20.2 Å². The van der Waals surface area contributed by atoms with Crippen LogP contribution in [-0.4, -0.2) is 15.8 Å². The number of halogens is 1. The van der Waals surface area contributed by atoms with E-state index in [1.54, 1.807) is 12.3 Å². The number of nitrogens with one attached hydrogen (secondary N) is 1. The summed E-state index contributed by atoms with van der Waals surface area (Å²) in [4.78, 5) is 27.9. The molecule has 26 heavy (non-hydrogen) atoms. The first kappa shape index (κ1) is 18.0. The van der Waals surface area contributed by atoms with Crippen molar-refractivity contribution < 1.29 is 9.72 Å². The average Bonchev–Trinajstić information content (AvgIpc) is 3.05. The molecule has 1 N–H and O–H groups in total. The zero-order valence-electron chi connectivity index (χ0n) is 13.7. The van der Waals surface area contributed by atoms with Crippen LogP contribution in [-0.2, 0) is 6.42 Å². The van der Waals surface area contributed by atoms with Gasteiger partial charge in [0.1, 0.15) is 5.56 Å². The number of hydrogen-bond acceptors (Lipinski definition) is 5. The van der Waals surface area contributed by atoms with Crippen molar-refractivity contribution in [2.24, 2.45) is 0 Å². The fourth-order valence-electron chi connectivity index (χ4n) is 2.38. The Kier molecular flexibility index (Phi) is 5.29. The Morgan fingerprint density at radius 3 is 2.81 bits per heavy atom. The Morgan fingerprint density at radius 2 is 2.08 bits per heavy atom. The molecule has 3 aromatic rings. The molecule has 132 valence electrons. The van der Waals surface area contributed by atoms with Crippen LogP contribution in [0.25, 0.3) is 0 Å². The van der Waals surface area contributed by atoms with E-state index in [4.69, 9.17) is 11.6 Å². The second-order valence-electron chi connectivity index (χ2n) is 5.62. The van der Waals surface area contributed by atoms with Crippen molar-refractivity contribution in [2.75, 3.05) is 5.32 Å². The van der Waals surface area contributed by atoms with Crippen molar-refractivity contribution in [3.63, 3.8) is 0 Å². The van der Waals surface area contributed by atoms with Gasteiger partial charge in [-0.1, -0.05) is 35.9 Å². The number of nitro groups is 1. The number of anilines is 1. The first-order chi connectivity index (χ1) is 12.4. The molecule has 0 aliphatic heterocycles. The summed E-state index contributed by atoms with van der Waals surface area (Å²) in [6.07, 6.45) is 2.31. The lowest BCUT2D eigenvalue weighted by Crippen LogP contribution is -2.13. The van der Waals surface area contributed by atoms with Crippen molar-refractivity contribution in [2.45, 2.75) is 13.3 Å². The number of hydrogen-bond donors (Lipinski definition) is 1. The van der Waals surface area contributed by atoms with Crippen molar-refractivity contribution in [1.29, 1.82) is 0 Å². The number of aryl methyl sites for hydroxylation is 1. The number of amides is 1. The van der Waals surface area contributed by atoms with E-state index in [0.29, 0.717) is 16.6 Å². The SMILES string of the molecule is Cc1ccc(Cc2cnc(NC(=O)c3ccccc3[N+](=O)[O-])s2)cc1Cl. The molecule has 0 radical (unpaired) electrons. The average molecular weight is 388 g/mol. The molecule has 0 spiro atoms. The molecule has 1 aromatic heterocycles. The summed E-state index contributed by atoms with van der Waals surface area (Å²) in [5.41, 5.74) is 1.81. The normalized spacial score (nSPS) is 10.5. The van der Waals surface area contributed by atoms with Gasteiger partial charge in [-0.05, 0) is 30.2 Å². The maximum atomic E-state index is 12.3. The Morgan fingerprint density at radius 1 is 1.31 bits per heavy atom. The largest absolute Gasteiger partial charge is 0.298 e. The van der Waals surface area contributed by atoms with E-state index < -0.39 is 10.8 Å². The first-order valence-electron chi connectivity index (χ1n) is 7.68. The van der Waals surface area contributed by atoms with E-state index >= 15 is 0 Å². The Balaban J connectivity index is 1.73. The van der Waals surface area contributed by atoms with Crippen LogP contribution in [0.15, 0.2) is 48.7 Å². The van der Waals surface area contributed by atoms with Crippen LogP contribution in [0.5, 0.6) is 0 Å². The van der Waals surface area contributed by atoms with Crippen LogP contribution in [0.3, 0.4) is 0 Å². The predicted octanol–water partition coefficient (Wildman–Crippen LogP) is 4.86. The van der Waals surface area contributed by atoms with Gasteiger partial charge in [-0.2, -0.15) is 0 Å². The Hall–Kier alpha value is -2.77. The summed E-state index contributed by atoms with van der Waals surface area (Å²) in [6, 6.07) is 11.7. The zero-order chi connectivity index (χ0) is 18.7. The lowest BCUT2D eigenvalue weighted by Gasteiger charge is -2.03. The number of carbonyl (C=O) groups is 1. The van der Waals surface area contributed by atoms with Crippen LogP contribution in [0.4, 0.5) is 10.8 Å². The molecule has 0 aliphatic rings. The topological polar surface area (TPSA) is 85.1 Å². The lowest BCUT2D eigenvalue weighted by molar-refractivity contribution is -0.385. The third kappa shape index (κ3) is 4.07. The smallest absolute Gasteiger partial charge is 0.282 e. The van der Waals surface area contributed by atoms with Crippen LogP contribution >= 0.6 is 22.9 Å². The molecule has 0 aliphatic carbocycles. The fourth-order valence-corrected chi connectivity index (χ4v) is 3.43. The number of carbonyl (C=O) groups excluding carboxylic acids is 1. The molecule has 0 atom stereocenters. The number of para-hydroxylation sites is 1. The molecule has 3 rings (SSSR count). The van der Waals surface area contributed by atoms with Gasteiger partial charge >= 0.3 is 0 Å². The molecule has 0 saturated carbocycles. The van der Waals surface area contributed by atoms with Crippen LogP contribution in [0.2, 0.25) is 5.02 Å². The first-order valence-corrected chi connectivity index (χ1v) is 8.88. The van der Waals surface area contributed by atoms with E-state index in [2.05, 4.69) is 10.3 Å². The summed E-state index contributed by atoms with van der Waals surface area (Å²) in [5, 5.41) is 14.8. The predicted molar refractivity (Wildman–Crippen MR) is 102 cm³/mol. The van der Waals surface area contributed by atoms with E-state index in [1.165, 1.54) is 29.5 Å². The highest BCUT2D eigenvalue weighted by molar-refractivity contribution is 7.15. The summed E-state index contributed by atoms with van der Waals surface area (Å²) in [5.74, 6) is -0.559. The molecule has 2 aromatic carbocycles. The third-order valence-electron chi connectivity index (χ3n) is 3.73. The molecule has 1 heterocycles. The maximum absolute atomic E-state index is 12.3. The summed E-state index contributed by atoms with van der Waals surface area (Å²) in [6.45, 7) is 1.94. The van der Waals surface area contributed by atoms with Gasteiger partial charge < -0.3 is 0 Å². The number of nitro benzene ring substituents is 1. The van der Waals surface area contributed by atoms with Crippen LogP contribution in [0.1, 0.15) is 26.4 Å². The number of aromatic nitrogens is 1. The Labute approximate surface area is 158 Å². The highest BCUT2D eigenvalue weighted by atomic mass is 35.5.